The summed E-state index contributed by atoms with van der Waals surface area (Å²) in [6.07, 6.45) is 4.47. The molecule has 0 saturated carbocycles. The van der Waals surface area contributed by atoms with Gasteiger partial charge in [0.25, 0.3) is 0 Å². The molecule has 0 saturated heterocycles. The summed E-state index contributed by atoms with van der Waals surface area (Å²) >= 11 is 0. The Morgan fingerprint density at radius 1 is 1.53 bits per heavy atom. The first-order valence-corrected chi connectivity index (χ1v) is 4.43. The number of ketones is 1. The van der Waals surface area contributed by atoms with E-state index in [0.717, 1.165) is 5.56 Å². The highest BCUT2D eigenvalue weighted by molar-refractivity contribution is 6.01. The highest BCUT2D eigenvalue weighted by Gasteiger charge is 2.08. The van der Waals surface area contributed by atoms with E-state index in [1.807, 2.05) is 0 Å². The highest BCUT2D eigenvalue weighted by Crippen LogP contribution is 2.09. The number of Topliss-reactive ketones (excluding diaryl/α,β-unsaturated/α-hetero) is 1. The van der Waals surface area contributed by atoms with Crippen molar-refractivity contribution in [2.45, 2.75) is 13.3 Å². The minimum atomic E-state index is -1.01. The second-order valence-electron chi connectivity index (χ2n) is 3.08. The molecule has 0 radical (unpaired) electrons. The third-order valence-electron chi connectivity index (χ3n) is 1.82. The van der Waals surface area contributed by atoms with Gasteiger partial charge >= 0.3 is 5.97 Å². The number of hydrogen-bond donors (Lipinski definition) is 1. The van der Waals surface area contributed by atoms with Crippen LogP contribution in [0.1, 0.15) is 18.9 Å². The zero-order chi connectivity index (χ0) is 11.3. The van der Waals surface area contributed by atoms with Gasteiger partial charge in [0.2, 0.25) is 0 Å². The molecule has 0 aromatic carbocycles. The van der Waals surface area contributed by atoms with E-state index in [0.29, 0.717) is 0 Å². The van der Waals surface area contributed by atoms with Crippen molar-refractivity contribution in [1.82, 2.24) is 4.98 Å². The number of aliphatic carboxylic acids is 1. The predicted molar refractivity (Wildman–Crippen MR) is 55.1 cm³/mol. The number of nitrogens with zero attached hydrogens (tertiary/aromatic N) is 1. The first-order chi connectivity index (χ1) is 7.09. The van der Waals surface area contributed by atoms with Crippen LogP contribution in [0.2, 0.25) is 0 Å². The Morgan fingerprint density at radius 3 is 2.73 bits per heavy atom. The summed E-state index contributed by atoms with van der Waals surface area (Å²) in [5.74, 6) is -1.25. The van der Waals surface area contributed by atoms with Crippen molar-refractivity contribution in [3.05, 3.63) is 35.7 Å². The molecule has 15 heavy (non-hydrogen) atoms. The van der Waals surface area contributed by atoms with E-state index in [-0.39, 0.29) is 17.8 Å². The zero-order valence-electron chi connectivity index (χ0n) is 8.30. The van der Waals surface area contributed by atoms with Crippen molar-refractivity contribution < 1.29 is 14.7 Å². The van der Waals surface area contributed by atoms with Crippen LogP contribution < -0.4 is 0 Å². The molecule has 1 rings (SSSR count). The van der Waals surface area contributed by atoms with Gasteiger partial charge in [-0.3, -0.25) is 14.6 Å². The summed E-state index contributed by atoms with van der Waals surface area (Å²) in [6.45, 7) is 1.35. The largest absolute Gasteiger partial charge is 0.481 e. The standard InChI is InChI=1S/C11H11NO3/c1-8(13)10(6-11(14)15)5-9-3-2-4-12-7-9/h2-5,7H,6H2,1H3,(H,14,15)/b10-5+. The number of hydrogen-bond acceptors (Lipinski definition) is 3. The van der Waals surface area contributed by atoms with Crippen molar-refractivity contribution in [2.75, 3.05) is 0 Å². The number of rotatable bonds is 4. The minimum Gasteiger partial charge on any atom is -0.481 e. The van der Waals surface area contributed by atoms with Gasteiger partial charge < -0.3 is 5.11 Å². The van der Waals surface area contributed by atoms with Crippen LogP contribution in [0.25, 0.3) is 6.08 Å². The van der Waals surface area contributed by atoms with E-state index in [1.165, 1.54) is 6.92 Å². The molecule has 0 aliphatic rings. The molecule has 0 bridgehead atoms. The monoisotopic (exact) mass is 205 g/mol. The molecule has 1 heterocycles. The smallest absolute Gasteiger partial charge is 0.307 e. The summed E-state index contributed by atoms with van der Waals surface area (Å²) in [4.78, 5) is 25.5. The summed E-state index contributed by atoms with van der Waals surface area (Å²) < 4.78 is 0. The third kappa shape index (κ3) is 3.72. The van der Waals surface area contributed by atoms with E-state index in [2.05, 4.69) is 4.98 Å². The van der Waals surface area contributed by atoms with Crippen LogP contribution in [0.15, 0.2) is 30.1 Å². The summed E-state index contributed by atoms with van der Waals surface area (Å²) in [5.41, 5.74) is 0.999. The van der Waals surface area contributed by atoms with E-state index >= 15 is 0 Å². The molecule has 1 aromatic rings. The fourth-order valence-corrected chi connectivity index (χ4v) is 1.10. The lowest BCUT2D eigenvalue weighted by Crippen LogP contribution is -2.04. The van der Waals surface area contributed by atoms with Crippen LogP contribution in [0.4, 0.5) is 0 Å². The molecule has 78 valence electrons. The average molecular weight is 205 g/mol. The van der Waals surface area contributed by atoms with Crippen molar-refractivity contribution in [2.24, 2.45) is 0 Å². The van der Waals surface area contributed by atoms with Crippen LogP contribution in [0, 0.1) is 0 Å². The lowest BCUT2D eigenvalue weighted by molar-refractivity contribution is -0.136. The van der Waals surface area contributed by atoms with Gasteiger partial charge in [-0.2, -0.15) is 0 Å². The van der Waals surface area contributed by atoms with E-state index in [4.69, 9.17) is 5.11 Å². The third-order valence-corrected chi connectivity index (χ3v) is 1.82. The molecule has 0 fully saturated rings. The van der Waals surface area contributed by atoms with Gasteiger partial charge in [0.15, 0.2) is 5.78 Å². The van der Waals surface area contributed by atoms with Gasteiger partial charge in [0.1, 0.15) is 0 Å². The fraction of sp³-hybridized carbons (Fsp3) is 0.182. The molecule has 0 aliphatic heterocycles. The average Bonchev–Trinajstić information content (AvgIpc) is 2.17. The lowest BCUT2D eigenvalue weighted by Gasteiger charge is -1.99. The van der Waals surface area contributed by atoms with Gasteiger partial charge in [-0.15, -0.1) is 0 Å². The maximum Gasteiger partial charge on any atom is 0.307 e. The quantitative estimate of drug-likeness (QED) is 0.757. The molecule has 0 unspecified atom stereocenters. The van der Waals surface area contributed by atoms with Crippen LogP contribution >= 0.6 is 0 Å². The number of carboxylic acid groups (broad SMARTS) is 1. The fourth-order valence-electron chi connectivity index (χ4n) is 1.10. The van der Waals surface area contributed by atoms with Crippen molar-refractivity contribution in [1.29, 1.82) is 0 Å². The molecule has 4 heteroatoms. The van der Waals surface area contributed by atoms with Gasteiger partial charge in [-0.1, -0.05) is 6.07 Å². The van der Waals surface area contributed by atoms with Crippen molar-refractivity contribution in [3.63, 3.8) is 0 Å². The van der Waals surface area contributed by atoms with Crippen LogP contribution in [-0.4, -0.2) is 21.8 Å². The Kier molecular flexibility index (Phi) is 3.74. The van der Waals surface area contributed by atoms with Crippen molar-refractivity contribution in [3.8, 4) is 0 Å². The molecule has 1 aromatic heterocycles. The van der Waals surface area contributed by atoms with Crippen LogP contribution in [0.5, 0.6) is 0 Å². The molecule has 0 amide bonds. The Morgan fingerprint density at radius 2 is 2.27 bits per heavy atom. The van der Waals surface area contributed by atoms with E-state index in [9.17, 15) is 9.59 Å². The van der Waals surface area contributed by atoms with E-state index in [1.54, 1.807) is 30.6 Å². The normalized spacial score (nSPS) is 11.1. The number of carbonyl (C=O) groups excluding carboxylic acids is 1. The number of carbonyl (C=O) groups is 2. The number of aromatic nitrogens is 1. The second-order valence-corrected chi connectivity index (χ2v) is 3.08. The highest BCUT2D eigenvalue weighted by atomic mass is 16.4. The topological polar surface area (TPSA) is 67.3 Å². The maximum absolute atomic E-state index is 11.1. The Bertz CT molecular complexity index is 396. The zero-order valence-corrected chi connectivity index (χ0v) is 8.30. The lowest BCUT2D eigenvalue weighted by atomic mass is 10.1. The minimum absolute atomic E-state index is 0.235. The first kappa shape index (κ1) is 11.1. The second kappa shape index (κ2) is 5.05. The van der Waals surface area contributed by atoms with Gasteiger partial charge in [0, 0.05) is 18.0 Å². The Hall–Kier alpha value is -1.97. The molecular weight excluding hydrogens is 194 g/mol. The summed E-state index contributed by atoms with van der Waals surface area (Å²) in [7, 11) is 0. The van der Waals surface area contributed by atoms with E-state index < -0.39 is 5.97 Å². The molecule has 0 spiro atoms. The number of pyridine rings is 1. The van der Waals surface area contributed by atoms with Crippen LogP contribution in [0.3, 0.4) is 0 Å². The summed E-state index contributed by atoms with van der Waals surface area (Å²) in [5, 5.41) is 8.60. The Labute approximate surface area is 87.3 Å². The van der Waals surface area contributed by atoms with Crippen LogP contribution in [-0.2, 0) is 9.59 Å². The van der Waals surface area contributed by atoms with Gasteiger partial charge in [-0.25, -0.2) is 0 Å². The SMILES string of the molecule is CC(=O)/C(=C/c1cccnc1)CC(=O)O. The first-order valence-electron chi connectivity index (χ1n) is 4.43. The molecule has 1 N–H and O–H groups in total. The Balaban J connectivity index is 2.94. The molecule has 0 atom stereocenters. The number of carboxylic acids is 1. The van der Waals surface area contributed by atoms with Gasteiger partial charge in [-0.05, 0) is 24.6 Å². The van der Waals surface area contributed by atoms with Gasteiger partial charge in [0.05, 0.1) is 6.42 Å². The molecule has 4 nitrogen and oxygen atoms in total. The summed E-state index contributed by atoms with van der Waals surface area (Å²) in [6, 6.07) is 3.49. The molecular formula is C11H11NO3. The maximum atomic E-state index is 11.1. The van der Waals surface area contributed by atoms with Crippen molar-refractivity contribution >= 4 is 17.8 Å². The molecule has 0 aliphatic carbocycles. The predicted octanol–water partition coefficient (Wildman–Crippen LogP) is 1.53.